The Morgan fingerprint density at radius 1 is 1.10 bits per heavy atom. The number of hydrogen-bond acceptors (Lipinski definition) is 4. The highest BCUT2D eigenvalue weighted by Gasteiger charge is 2.67. The number of carbonyl (C=O) groups excluding carboxylic acids is 2. The van der Waals surface area contributed by atoms with Crippen molar-refractivity contribution in [1.82, 2.24) is 0 Å². The van der Waals surface area contributed by atoms with E-state index in [4.69, 9.17) is 4.74 Å². The summed E-state index contributed by atoms with van der Waals surface area (Å²) in [5, 5.41) is 10.1. The number of hydrogen-bond donors (Lipinski definition) is 1. The van der Waals surface area contributed by atoms with Gasteiger partial charge in [-0.2, -0.15) is 0 Å². The van der Waals surface area contributed by atoms with Crippen LogP contribution in [0.1, 0.15) is 72.6 Å². The van der Waals surface area contributed by atoms with Gasteiger partial charge in [-0.25, -0.2) is 0 Å². The molecule has 1 saturated heterocycles. The number of rotatable bonds is 2. The maximum atomic E-state index is 12.7. The summed E-state index contributed by atoms with van der Waals surface area (Å²) in [6.45, 7) is 8.65. The molecule has 8 unspecified atom stereocenters. The minimum Gasteiger partial charge on any atom is -0.481 e. The van der Waals surface area contributed by atoms with Crippen LogP contribution < -0.4 is 0 Å². The molecule has 6 aliphatic rings. The van der Waals surface area contributed by atoms with Gasteiger partial charge in [0.05, 0.1) is 17.3 Å². The number of aliphatic carboxylic acids is 1. The summed E-state index contributed by atoms with van der Waals surface area (Å²) < 4.78 is 5.13. The maximum Gasteiger partial charge on any atom is 0.318 e. The molecule has 5 heteroatoms. The second kappa shape index (κ2) is 6.20. The lowest BCUT2D eigenvalue weighted by atomic mass is 9.40. The number of carbonyl (C=O) groups is 3. The Labute approximate surface area is 178 Å². The minimum atomic E-state index is -0.685. The predicted molar refractivity (Wildman–Crippen MR) is 110 cm³/mol. The Morgan fingerprint density at radius 2 is 1.83 bits per heavy atom. The summed E-state index contributed by atoms with van der Waals surface area (Å²) in [7, 11) is 0. The van der Waals surface area contributed by atoms with Gasteiger partial charge in [-0.3, -0.25) is 14.4 Å². The first-order chi connectivity index (χ1) is 14.0. The van der Waals surface area contributed by atoms with Gasteiger partial charge in [0.25, 0.3) is 0 Å². The summed E-state index contributed by atoms with van der Waals surface area (Å²) in [6.07, 6.45) is 8.54. The molecule has 0 aromatic heterocycles. The number of fused-ring (bicyclic) bond motifs is 1. The van der Waals surface area contributed by atoms with Crippen LogP contribution in [0.5, 0.6) is 0 Å². The fourth-order valence-electron chi connectivity index (χ4n) is 8.85. The van der Waals surface area contributed by atoms with Crippen LogP contribution in [0.2, 0.25) is 0 Å². The molecular formula is C25H34O5. The molecule has 3 saturated carbocycles. The molecule has 164 valence electrons. The molecule has 0 aromatic carbocycles. The molecule has 30 heavy (non-hydrogen) atoms. The summed E-state index contributed by atoms with van der Waals surface area (Å²) in [4.78, 5) is 37.7. The van der Waals surface area contributed by atoms with Crippen LogP contribution in [0, 0.1) is 51.8 Å². The third-order valence-electron chi connectivity index (χ3n) is 10.1. The number of ether oxygens (including phenoxy) is 1. The highest BCUT2D eigenvalue weighted by molar-refractivity contribution is 5.97. The molecule has 1 N–H and O–H groups in total. The van der Waals surface area contributed by atoms with Gasteiger partial charge in [0.15, 0.2) is 0 Å². The number of carboxylic acids is 1. The molecule has 8 atom stereocenters. The quantitative estimate of drug-likeness (QED) is 0.406. The van der Waals surface area contributed by atoms with Crippen molar-refractivity contribution < 1.29 is 24.2 Å². The molecule has 0 amide bonds. The van der Waals surface area contributed by atoms with E-state index in [0.717, 1.165) is 38.5 Å². The van der Waals surface area contributed by atoms with Crippen molar-refractivity contribution in [2.45, 2.75) is 72.6 Å². The van der Waals surface area contributed by atoms with E-state index in [-0.39, 0.29) is 46.4 Å². The van der Waals surface area contributed by atoms with Crippen molar-refractivity contribution in [3.8, 4) is 0 Å². The molecular weight excluding hydrogens is 380 g/mol. The van der Waals surface area contributed by atoms with E-state index in [2.05, 4.69) is 26.8 Å². The summed E-state index contributed by atoms with van der Waals surface area (Å²) in [6, 6.07) is 0. The molecule has 1 aliphatic heterocycles. The smallest absolute Gasteiger partial charge is 0.318 e. The van der Waals surface area contributed by atoms with Crippen LogP contribution in [0.4, 0.5) is 0 Å². The van der Waals surface area contributed by atoms with Crippen LogP contribution in [0.25, 0.3) is 0 Å². The van der Waals surface area contributed by atoms with E-state index in [1.807, 2.05) is 6.92 Å². The molecule has 0 radical (unpaired) electrons. The second-order valence-electron chi connectivity index (χ2n) is 11.7. The highest BCUT2D eigenvalue weighted by Crippen LogP contribution is 2.71. The topological polar surface area (TPSA) is 80.7 Å². The Balaban J connectivity index is 1.65. The molecule has 0 aromatic rings. The molecule has 1 spiro atoms. The van der Waals surface area contributed by atoms with Gasteiger partial charge in [0.2, 0.25) is 0 Å². The molecule has 5 nitrogen and oxygen atoms in total. The first-order valence-electron chi connectivity index (χ1n) is 11.7. The average molecular weight is 415 g/mol. The van der Waals surface area contributed by atoms with E-state index in [1.165, 1.54) is 5.57 Å². The van der Waals surface area contributed by atoms with Gasteiger partial charge < -0.3 is 9.84 Å². The van der Waals surface area contributed by atoms with Gasteiger partial charge in [-0.1, -0.05) is 38.8 Å². The molecule has 2 bridgehead atoms. The fraction of sp³-hybridized carbons (Fsp3) is 0.800. The van der Waals surface area contributed by atoms with Crippen LogP contribution >= 0.6 is 0 Å². The highest BCUT2D eigenvalue weighted by atomic mass is 16.6. The summed E-state index contributed by atoms with van der Waals surface area (Å²) in [5.74, 6) is -1.19. The lowest BCUT2D eigenvalue weighted by molar-refractivity contribution is -0.177. The Morgan fingerprint density at radius 3 is 2.50 bits per heavy atom. The van der Waals surface area contributed by atoms with Crippen molar-refractivity contribution in [1.29, 1.82) is 0 Å². The van der Waals surface area contributed by atoms with E-state index in [0.29, 0.717) is 18.3 Å². The Hall–Kier alpha value is -1.65. The van der Waals surface area contributed by atoms with Crippen molar-refractivity contribution in [2.75, 3.05) is 0 Å². The summed E-state index contributed by atoms with van der Waals surface area (Å²) >= 11 is 0. The maximum absolute atomic E-state index is 12.7. The SMILES string of the molecule is CC(C)C1=CC23CCC4C(C)(C(=O)O)CCCC4(C)C2CC1C1C(=O)OC(=O)C1C3. The molecule has 5 aliphatic carbocycles. The zero-order valence-electron chi connectivity index (χ0n) is 18.6. The fourth-order valence-corrected chi connectivity index (χ4v) is 8.85. The predicted octanol–water partition coefficient (Wildman–Crippen LogP) is 4.60. The summed E-state index contributed by atoms with van der Waals surface area (Å²) in [5.41, 5.74) is 0.437. The Kier molecular flexibility index (Phi) is 4.19. The number of cyclic esters (lactones) is 2. The van der Waals surface area contributed by atoms with Crippen molar-refractivity contribution in [3.63, 3.8) is 0 Å². The van der Waals surface area contributed by atoms with Crippen molar-refractivity contribution in [3.05, 3.63) is 11.6 Å². The largest absolute Gasteiger partial charge is 0.481 e. The van der Waals surface area contributed by atoms with E-state index in [1.54, 1.807) is 0 Å². The normalized spacial score (nSPS) is 49.6. The zero-order chi connectivity index (χ0) is 21.6. The van der Waals surface area contributed by atoms with Gasteiger partial charge in [-0.15, -0.1) is 0 Å². The van der Waals surface area contributed by atoms with E-state index >= 15 is 0 Å². The first kappa shape index (κ1) is 20.3. The lowest BCUT2D eigenvalue weighted by Gasteiger charge is -2.63. The number of carboxylic acid groups (broad SMARTS) is 1. The van der Waals surface area contributed by atoms with Gasteiger partial charge >= 0.3 is 17.9 Å². The first-order valence-corrected chi connectivity index (χ1v) is 11.7. The monoisotopic (exact) mass is 414 g/mol. The number of esters is 2. The molecule has 6 rings (SSSR count). The van der Waals surface area contributed by atoms with Crippen LogP contribution in [-0.4, -0.2) is 23.0 Å². The van der Waals surface area contributed by atoms with E-state index < -0.39 is 11.4 Å². The zero-order valence-corrected chi connectivity index (χ0v) is 18.6. The van der Waals surface area contributed by atoms with Gasteiger partial charge in [0.1, 0.15) is 0 Å². The number of allylic oxidation sites excluding steroid dienone is 2. The minimum absolute atomic E-state index is 0.0446. The van der Waals surface area contributed by atoms with Gasteiger partial charge in [0, 0.05) is 0 Å². The van der Waals surface area contributed by atoms with Crippen LogP contribution in [0.3, 0.4) is 0 Å². The third kappa shape index (κ3) is 2.38. The van der Waals surface area contributed by atoms with Gasteiger partial charge in [-0.05, 0) is 80.0 Å². The molecule has 4 fully saturated rings. The van der Waals surface area contributed by atoms with E-state index in [9.17, 15) is 19.5 Å². The van der Waals surface area contributed by atoms with Crippen LogP contribution in [0.15, 0.2) is 11.6 Å². The Bertz CT molecular complexity index is 858. The average Bonchev–Trinajstić information content (AvgIpc) is 2.82. The van der Waals surface area contributed by atoms with Crippen molar-refractivity contribution >= 4 is 17.9 Å². The van der Waals surface area contributed by atoms with Crippen molar-refractivity contribution in [2.24, 2.45) is 51.8 Å². The third-order valence-corrected chi connectivity index (χ3v) is 10.1. The molecule has 1 heterocycles. The second-order valence-corrected chi connectivity index (χ2v) is 11.7. The lowest BCUT2D eigenvalue weighted by Crippen LogP contribution is -2.58. The standard InChI is InChI=1S/C25H34O5/c1-13(2)15-11-25-9-6-17-23(3,7-5-8-24(17,4)22(28)29)18(25)10-14(15)19-16(12-25)20(26)30-21(19)27/h11,13-14,16-19H,5-10,12H2,1-4H3,(H,28,29). The van der Waals surface area contributed by atoms with Crippen LogP contribution in [-0.2, 0) is 19.1 Å².